The number of carbonyl (C=O) groups is 6. The van der Waals surface area contributed by atoms with Gasteiger partial charge in [0, 0.05) is 38.6 Å². The van der Waals surface area contributed by atoms with Crippen molar-refractivity contribution in [2.45, 2.75) is 90.4 Å². The molecule has 18 nitrogen and oxygen atoms in total. The number of nitrogens with zero attached hydrogens (tertiary/aromatic N) is 2. The van der Waals surface area contributed by atoms with Gasteiger partial charge in [-0.15, -0.1) is 0 Å². The van der Waals surface area contributed by atoms with Crippen molar-refractivity contribution < 1.29 is 53.2 Å². The predicted octanol–water partition coefficient (Wildman–Crippen LogP) is 5.73. The van der Waals surface area contributed by atoms with E-state index in [9.17, 15) is 28.8 Å². The molecule has 2 atom stereocenters. The molecule has 0 heterocycles. The van der Waals surface area contributed by atoms with Crippen LogP contribution in [0.3, 0.4) is 0 Å². The number of ether oxygens (including phenoxy) is 3. The Morgan fingerprint density at radius 1 is 0.656 bits per heavy atom. The molecule has 61 heavy (non-hydrogen) atoms. The van der Waals surface area contributed by atoms with E-state index in [-0.39, 0.29) is 63.8 Å². The second kappa shape index (κ2) is 28.7. The summed E-state index contributed by atoms with van der Waals surface area (Å²) in [5.74, 6) is -1.17. The Bertz CT molecular complexity index is 1820. The molecular formula is C43H57N7O11. The highest BCUT2D eigenvalue weighted by Gasteiger charge is 2.22. The second-order valence-electron chi connectivity index (χ2n) is 13.9. The van der Waals surface area contributed by atoms with Gasteiger partial charge in [0.15, 0.2) is 0 Å². The fraction of sp³-hybridized carbons (Fsp3) is 0.419. The molecule has 3 rings (SSSR count). The van der Waals surface area contributed by atoms with E-state index in [1.165, 1.54) is 4.90 Å². The van der Waals surface area contributed by atoms with E-state index in [1.54, 1.807) is 31.2 Å². The number of alkyl carbamates (subject to hydrolysis) is 1. The maximum absolute atomic E-state index is 13.3. The summed E-state index contributed by atoms with van der Waals surface area (Å²) in [6.45, 7) is 2.88. The third-order valence-corrected chi connectivity index (χ3v) is 8.85. The maximum atomic E-state index is 13.3. The fourth-order valence-electron chi connectivity index (χ4n) is 5.63. The number of carboxylic acid groups (broad SMARTS) is 2. The minimum Gasteiger partial charge on any atom is -0.465 e. The minimum atomic E-state index is -1.40. The van der Waals surface area contributed by atoms with Gasteiger partial charge in [0.05, 0.1) is 6.61 Å². The standard InChI is InChI=1S/C43H57N7O11/c1-32(46-40(53)54)24-28-50(43(58)61-31-35-21-11-6-12-22-35)27-16-15-25-44-37(52)38(59-29-33-17-7-4-8-18-33)47-36(51)23-13-2-3-14-26-45-39(48-41(55)56)49-42(57)60-30-34-19-9-5-10-20-34/h4-12,17-22,32,38,46H,2-3,13-16,23-31H2,1H3,(H,44,52)(H,47,51)(H,53,54)(H,55,56)(H2,45,48,49,57)/t32-,38-/m1/s1. The molecule has 0 aliphatic rings. The zero-order valence-corrected chi connectivity index (χ0v) is 34.4. The zero-order chi connectivity index (χ0) is 44.1. The summed E-state index contributed by atoms with van der Waals surface area (Å²) in [6.07, 6.45) is -1.37. The summed E-state index contributed by atoms with van der Waals surface area (Å²) in [6, 6.07) is 27.0. The Morgan fingerprint density at radius 3 is 1.85 bits per heavy atom. The molecule has 0 radical (unpaired) electrons. The lowest BCUT2D eigenvalue weighted by Crippen LogP contribution is -2.48. The van der Waals surface area contributed by atoms with Gasteiger partial charge < -0.3 is 45.3 Å². The molecular weight excluding hydrogens is 791 g/mol. The first-order chi connectivity index (χ1) is 29.5. The average molecular weight is 848 g/mol. The van der Waals surface area contributed by atoms with Gasteiger partial charge in [0.2, 0.25) is 18.1 Å². The molecule has 0 unspecified atom stereocenters. The lowest BCUT2D eigenvalue weighted by molar-refractivity contribution is -0.142. The Kier molecular flexibility index (Phi) is 22.9. The summed E-state index contributed by atoms with van der Waals surface area (Å²) in [5.41, 5.74) is 2.40. The topological polar surface area (TPSA) is 246 Å². The Labute approximate surface area is 355 Å². The van der Waals surface area contributed by atoms with Crippen molar-refractivity contribution in [1.82, 2.24) is 31.5 Å². The molecule has 0 saturated carbocycles. The molecule has 18 heteroatoms. The zero-order valence-electron chi connectivity index (χ0n) is 34.4. The number of aliphatic imine (C=N–C) groups is 1. The van der Waals surface area contributed by atoms with Crippen LogP contribution >= 0.6 is 0 Å². The van der Waals surface area contributed by atoms with E-state index in [0.29, 0.717) is 51.5 Å². The van der Waals surface area contributed by atoms with Crippen LogP contribution in [-0.4, -0.2) is 95.7 Å². The van der Waals surface area contributed by atoms with E-state index in [0.717, 1.165) is 16.7 Å². The van der Waals surface area contributed by atoms with Gasteiger partial charge in [-0.3, -0.25) is 25.2 Å². The van der Waals surface area contributed by atoms with Crippen molar-refractivity contribution in [3.63, 3.8) is 0 Å². The average Bonchev–Trinajstić information content (AvgIpc) is 3.24. The first-order valence-corrected chi connectivity index (χ1v) is 20.2. The number of benzene rings is 3. The summed E-state index contributed by atoms with van der Waals surface area (Å²) < 4.78 is 16.5. The van der Waals surface area contributed by atoms with Crippen LogP contribution in [-0.2, 0) is 43.6 Å². The Morgan fingerprint density at radius 2 is 1.25 bits per heavy atom. The summed E-state index contributed by atoms with van der Waals surface area (Å²) >= 11 is 0. The van der Waals surface area contributed by atoms with Crippen LogP contribution in [0.5, 0.6) is 0 Å². The largest absolute Gasteiger partial charge is 0.465 e. The van der Waals surface area contributed by atoms with Crippen molar-refractivity contribution in [1.29, 1.82) is 0 Å². The van der Waals surface area contributed by atoms with Gasteiger partial charge in [0.1, 0.15) is 13.2 Å². The van der Waals surface area contributed by atoms with Crippen molar-refractivity contribution in [2.24, 2.45) is 4.99 Å². The lowest BCUT2D eigenvalue weighted by Gasteiger charge is -2.24. The molecule has 0 bridgehead atoms. The molecule has 3 aromatic carbocycles. The normalized spacial score (nSPS) is 11.9. The van der Waals surface area contributed by atoms with Gasteiger partial charge >= 0.3 is 24.4 Å². The van der Waals surface area contributed by atoms with Crippen LogP contribution < -0.4 is 26.6 Å². The number of guanidine groups is 1. The number of amides is 6. The van der Waals surface area contributed by atoms with Gasteiger partial charge in [-0.1, -0.05) is 104 Å². The van der Waals surface area contributed by atoms with Gasteiger partial charge in [-0.25, -0.2) is 19.2 Å². The second-order valence-corrected chi connectivity index (χ2v) is 13.9. The van der Waals surface area contributed by atoms with Crippen molar-refractivity contribution in [3.05, 3.63) is 108 Å². The van der Waals surface area contributed by atoms with Crippen molar-refractivity contribution in [3.8, 4) is 0 Å². The molecule has 0 spiro atoms. The SMILES string of the molecule is C[C@H](CCN(CCCCNC(=O)[C@H](NC(=O)CCCCCCN=C(NC(=O)O)NC(=O)OCc1ccccc1)OCc1ccccc1)C(=O)OCc1ccccc1)NC(=O)O. The van der Waals surface area contributed by atoms with Crippen LogP contribution in [0.1, 0.15) is 75.0 Å². The first-order valence-electron chi connectivity index (χ1n) is 20.2. The number of nitrogens with one attached hydrogen (secondary N) is 5. The Hall–Kier alpha value is -6.69. The first kappa shape index (κ1) is 48.7. The molecule has 3 aromatic rings. The lowest BCUT2D eigenvalue weighted by atomic mass is 10.1. The summed E-state index contributed by atoms with van der Waals surface area (Å²) in [5, 5.41) is 30.4. The van der Waals surface area contributed by atoms with Crippen molar-refractivity contribution in [2.75, 3.05) is 26.2 Å². The number of carbonyl (C=O) groups excluding carboxylic acids is 4. The molecule has 330 valence electrons. The maximum Gasteiger partial charge on any atom is 0.414 e. The molecule has 7 N–H and O–H groups in total. The summed E-state index contributed by atoms with van der Waals surface area (Å²) in [4.78, 5) is 79.2. The number of hydrogen-bond donors (Lipinski definition) is 7. The number of hydrogen-bond acceptors (Lipinski definition) is 10. The van der Waals surface area contributed by atoms with E-state index in [4.69, 9.17) is 24.4 Å². The molecule has 0 fully saturated rings. The van der Waals surface area contributed by atoms with Gasteiger partial charge in [-0.05, 0) is 55.7 Å². The predicted molar refractivity (Wildman–Crippen MR) is 225 cm³/mol. The van der Waals surface area contributed by atoms with Gasteiger partial charge in [-0.2, -0.15) is 0 Å². The minimum absolute atomic E-state index is 0.000116. The molecule has 0 aliphatic heterocycles. The van der Waals surface area contributed by atoms with Crippen LogP contribution in [0.4, 0.5) is 19.2 Å². The third-order valence-electron chi connectivity index (χ3n) is 8.85. The Balaban J connectivity index is 1.43. The van der Waals surface area contributed by atoms with Gasteiger partial charge in [0.25, 0.3) is 5.91 Å². The highest BCUT2D eigenvalue weighted by molar-refractivity contribution is 6.00. The van der Waals surface area contributed by atoms with Crippen LogP contribution in [0.15, 0.2) is 96.0 Å². The van der Waals surface area contributed by atoms with E-state index >= 15 is 0 Å². The van der Waals surface area contributed by atoms with Crippen LogP contribution in [0.25, 0.3) is 0 Å². The molecule has 0 aliphatic carbocycles. The van der Waals surface area contributed by atoms with Crippen molar-refractivity contribution >= 4 is 42.1 Å². The third kappa shape index (κ3) is 22.3. The molecule has 6 amide bonds. The van der Waals surface area contributed by atoms with E-state index < -0.39 is 36.5 Å². The number of unbranched alkanes of at least 4 members (excludes halogenated alkanes) is 4. The quantitative estimate of drug-likeness (QED) is 0.0235. The smallest absolute Gasteiger partial charge is 0.414 e. The highest BCUT2D eigenvalue weighted by Crippen LogP contribution is 2.09. The fourth-order valence-corrected chi connectivity index (χ4v) is 5.63. The van der Waals surface area contributed by atoms with Crippen LogP contribution in [0, 0.1) is 0 Å². The van der Waals surface area contributed by atoms with E-state index in [1.807, 2.05) is 72.0 Å². The monoisotopic (exact) mass is 847 g/mol. The number of rotatable bonds is 25. The summed E-state index contributed by atoms with van der Waals surface area (Å²) in [7, 11) is 0. The molecule has 0 aromatic heterocycles. The van der Waals surface area contributed by atoms with Crippen LogP contribution in [0.2, 0.25) is 0 Å². The molecule has 0 saturated heterocycles. The highest BCUT2D eigenvalue weighted by atomic mass is 16.6. The van der Waals surface area contributed by atoms with E-state index in [2.05, 4.69) is 26.3 Å².